The molecule has 2 rings (SSSR count). The molecule has 102 valence electrons. The average molecular weight is 259 g/mol. The molecule has 0 radical (unpaired) electrons. The molecule has 0 spiro atoms. The van der Waals surface area contributed by atoms with Crippen molar-refractivity contribution in [3.8, 4) is 0 Å². The Morgan fingerprint density at radius 1 is 1.16 bits per heavy atom. The Bertz CT molecular complexity index is 583. The Morgan fingerprint density at radius 3 is 2.58 bits per heavy atom. The summed E-state index contributed by atoms with van der Waals surface area (Å²) in [5.74, 6) is 0. The van der Waals surface area contributed by atoms with Crippen LogP contribution < -0.4 is 11.4 Å². The molecule has 2 N–H and O–H groups in total. The lowest BCUT2D eigenvalue weighted by atomic mass is 10.1. The third-order valence-electron chi connectivity index (χ3n) is 3.20. The zero-order valence-electron chi connectivity index (χ0n) is 11.4. The first-order valence-corrected chi connectivity index (χ1v) is 6.80. The normalized spacial score (nSPS) is 10.8. The first-order chi connectivity index (χ1) is 9.20. The molecule has 1 heterocycles. The second-order valence-electron chi connectivity index (χ2n) is 4.82. The van der Waals surface area contributed by atoms with Gasteiger partial charge in [-0.15, -0.1) is 0 Å². The molecular formula is C15H21N3O. The van der Waals surface area contributed by atoms with E-state index in [2.05, 4.69) is 13.0 Å². The van der Waals surface area contributed by atoms with Gasteiger partial charge in [0.05, 0.1) is 0 Å². The Balaban J connectivity index is 1.91. The third kappa shape index (κ3) is 3.50. The van der Waals surface area contributed by atoms with Gasteiger partial charge in [0, 0.05) is 31.2 Å². The minimum Gasteiger partial charge on any atom is -0.399 e. The second-order valence-corrected chi connectivity index (χ2v) is 4.82. The number of nitrogens with zero attached hydrogens (tertiary/aromatic N) is 2. The lowest BCUT2D eigenvalue weighted by Crippen LogP contribution is -2.24. The Morgan fingerprint density at radius 2 is 1.89 bits per heavy atom. The number of nitrogens with two attached hydrogens (primary N) is 1. The van der Waals surface area contributed by atoms with Gasteiger partial charge in [-0.1, -0.05) is 19.1 Å². The van der Waals surface area contributed by atoms with E-state index in [1.807, 2.05) is 30.6 Å². The molecular weight excluding hydrogens is 238 g/mol. The van der Waals surface area contributed by atoms with Crippen LogP contribution in [0.1, 0.15) is 25.3 Å². The van der Waals surface area contributed by atoms with Crippen LogP contribution in [0.4, 0.5) is 5.69 Å². The first-order valence-electron chi connectivity index (χ1n) is 6.80. The number of anilines is 1. The van der Waals surface area contributed by atoms with Crippen molar-refractivity contribution < 1.29 is 0 Å². The van der Waals surface area contributed by atoms with E-state index in [1.54, 1.807) is 9.13 Å². The zero-order valence-corrected chi connectivity index (χ0v) is 11.4. The van der Waals surface area contributed by atoms with Crippen LogP contribution in [-0.2, 0) is 19.5 Å². The fourth-order valence-corrected chi connectivity index (χ4v) is 2.24. The number of hydrogen-bond donors (Lipinski definition) is 1. The van der Waals surface area contributed by atoms with Gasteiger partial charge in [-0.2, -0.15) is 0 Å². The molecule has 2 aromatic rings. The van der Waals surface area contributed by atoms with Gasteiger partial charge in [-0.3, -0.25) is 9.13 Å². The molecule has 0 atom stereocenters. The van der Waals surface area contributed by atoms with E-state index in [4.69, 9.17) is 5.73 Å². The highest BCUT2D eigenvalue weighted by molar-refractivity contribution is 5.40. The van der Waals surface area contributed by atoms with Gasteiger partial charge in [0.1, 0.15) is 0 Å². The Hall–Kier alpha value is -1.97. The number of aryl methyl sites for hydroxylation is 3. The Labute approximate surface area is 113 Å². The van der Waals surface area contributed by atoms with Crippen molar-refractivity contribution in [3.63, 3.8) is 0 Å². The number of imidazole rings is 1. The smallest absolute Gasteiger partial charge is 0.328 e. The van der Waals surface area contributed by atoms with E-state index >= 15 is 0 Å². The molecule has 0 aliphatic heterocycles. The summed E-state index contributed by atoms with van der Waals surface area (Å²) in [6.45, 7) is 3.62. The summed E-state index contributed by atoms with van der Waals surface area (Å²) >= 11 is 0. The summed E-state index contributed by atoms with van der Waals surface area (Å²) in [5.41, 5.74) is 7.85. The van der Waals surface area contributed by atoms with Crippen molar-refractivity contribution in [2.75, 3.05) is 5.73 Å². The summed E-state index contributed by atoms with van der Waals surface area (Å²) in [5, 5.41) is 0. The summed E-state index contributed by atoms with van der Waals surface area (Å²) in [6.07, 6.45) is 6.60. The first kappa shape index (κ1) is 13.5. The Kier molecular flexibility index (Phi) is 4.44. The number of nitrogen functional groups attached to an aromatic ring is 1. The van der Waals surface area contributed by atoms with Gasteiger partial charge in [0.15, 0.2) is 0 Å². The number of rotatable bonds is 6. The minimum atomic E-state index is 0.0921. The maximum atomic E-state index is 12.0. The summed E-state index contributed by atoms with van der Waals surface area (Å²) in [6, 6.07) is 7.92. The minimum absolute atomic E-state index is 0.0921. The van der Waals surface area contributed by atoms with Crippen molar-refractivity contribution in [2.45, 2.75) is 39.3 Å². The predicted molar refractivity (Wildman–Crippen MR) is 78.2 cm³/mol. The van der Waals surface area contributed by atoms with Crippen LogP contribution in [0, 0.1) is 0 Å². The predicted octanol–water partition coefficient (Wildman–Crippen LogP) is 2.27. The summed E-state index contributed by atoms with van der Waals surface area (Å²) in [7, 11) is 0. The molecule has 1 aromatic carbocycles. The second kappa shape index (κ2) is 6.27. The van der Waals surface area contributed by atoms with Crippen LogP contribution >= 0.6 is 0 Å². The molecule has 0 saturated carbocycles. The fraction of sp³-hybridized carbons (Fsp3) is 0.400. The molecule has 0 unspecified atom stereocenters. The molecule has 4 heteroatoms. The van der Waals surface area contributed by atoms with Crippen molar-refractivity contribution in [2.24, 2.45) is 0 Å². The van der Waals surface area contributed by atoms with Gasteiger partial charge in [0.25, 0.3) is 0 Å². The SMILES string of the molecule is CCCn1ccn(CCCc2cccc(N)c2)c1=O. The van der Waals surface area contributed by atoms with Crippen molar-refractivity contribution in [1.82, 2.24) is 9.13 Å². The maximum absolute atomic E-state index is 12.0. The van der Waals surface area contributed by atoms with Crippen LogP contribution in [0.3, 0.4) is 0 Å². The largest absolute Gasteiger partial charge is 0.399 e. The molecule has 19 heavy (non-hydrogen) atoms. The molecule has 1 aromatic heterocycles. The molecule has 0 saturated heterocycles. The molecule has 0 amide bonds. The van der Waals surface area contributed by atoms with E-state index in [1.165, 1.54) is 5.56 Å². The van der Waals surface area contributed by atoms with E-state index in [0.29, 0.717) is 0 Å². The van der Waals surface area contributed by atoms with Crippen LogP contribution in [-0.4, -0.2) is 9.13 Å². The highest BCUT2D eigenvalue weighted by Gasteiger charge is 2.02. The topological polar surface area (TPSA) is 52.9 Å². The lowest BCUT2D eigenvalue weighted by Gasteiger charge is -2.03. The van der Waals surface area contributed by atoms with Crippen LogP contribution in [0.25, 0.3) is 0 Å². The number of hydrogen-bond acceptors (Lipinski definition) is 2. The molecule has 0 aliphatic rings. The maximum Gasteiger partial charge on any atom is 0.328 e. The van der Waals surface area contributed by atoms with Crippen molar-refractivity contribution in [1.29, 1.82) is 0 Å². The molecule has 4 nitrogen and oxygen atoms in total. The van der Waals surface area contributed by atoms with Crippen molar-refractivity contribution >= 4 is 5.69 Å². The highest BCUT2D eigenvalue weighted by atomic mass is 16.1. The molecule has 0 aliphatic carbocycles. The van der Waals surface area contributed by atoms with Crippen LogP contribution in [0.5, 0.6) is 0 Å². The standard InChI is InChI=1S/C15H21N3O/c1-2-8-17-10-11-18(15(17)19)9-4-6-13-5-3-7-14(16)12-13/h3,5,7,10-12H,2,4,6,8-9,16H2,1H3. The van der Waals surface area contributed by atoms with Crippen LogP contribution in [0.15, 0.2) is 41.5 Å². The van der Waals surface area contributed by atoms with Crippen molar-refractivity contribution in [3.05, 3.63) is 52.7 Å². The lowest BCUT2D eigenvalue weighted by molar-refractivity contribution is 0.581. The quantitative estimate of drug-likeness (QED) is 0.809. The van der Waals surface area contributed by atoms with Gasteiger partial charge in [-0.05, 0) is 37.0 Å². The van der Waals surface area contributed by atoms with Gasteiger partial charge < -0.3 is 5.73 Å². The van der Waals surface area contributed by atoms with E-state index in [-0.39, 0.29) is 5.69 Å². The average Bonchev–Trinajstić information content (AvgIpc) is 2.72. The van der Waals surface area contributed by atoms with Gasteiger partial charge in [-0.25, -0.2) is 4.79 Å². The van der Waals surface area contributed by atoms with Gasteiger partial charge >= 0.3 is 5.69 Å². The molecule has 0 bridgehead atoms. The molecule has 0 fully saturated rings. The highest BCUT2D eigenvalue weighted by Crippen LogP contribution is 2.09. The third-order valence-corrected chi connectivity index (χ3v) is 3.20. The summed E-state index contributed by atoms with van der Waals surface area (Å²) in [4.78, 5) is 12.0. The number of aromatic nitrogens is 2. The van der Waals surface area contributed by atoms with E-state index in [0.717, 1.165) is 38.0 Å². The number of benzene rings is 1. The monoisotopic (exact) mass is 259 g/mol. The van der Waals surface area contributed by atoms with Crippen LogP contribution in [0.2, 0.25) is 0 Å². The summed E-state index contributed by atoms with van der Waals surface area (Å²) < 4.78 is 3.54. The van der Waals surface area contributed by atoms with E-state index in [9.17, 15) is 4.79 Å². The van der Waals surface area contributed by atoms with E-state index < -0.39 is 0 Å². The zero-order chi connectivity index (χ0) is 13.7. The van der Waals surface area contributed by atoms with Gasteiger partial charge in [0.2, 0.25) is 0 Å². The fourth-order valence-electron chi connectivity index (χ4n) is 2.24.